The topological polar surface area (TPSA) is 76.0 Å². The van der Waals surface area contributed by atoms with Gasteiger partial charge in [0.05, 0.1) is 17.7 Å². The number of aromatic nitrogens is 2. The van der Waals surface area contributed by atoms with Crippen molar-refractivity contribution in [2.75, 3.05) is 64.8 Å². The zero-order chi connectivity index (χ0) is 26.1. The third kappa shape index (κ3) is 5.62. The molecule has 3 atom stereocenters. The molecule has 1 N–H and O–H groups in total. The molecule has 3 aliphatic rings. The minimum Gasteiger partial charge on any atom is -0.387 e. The second-order valence-corrected chi connectivity index (χ2v) is 11.5. The highest BCUT2D eigenvalue weighted by Crippen LogP contribution is 2.42. The third-order valence-electron chi connectivity index (χ3n) is 8.47. The second kappa shape index (κ2) is 11.2. The molecule has 200 valence electrons. The highest BCUT2D eigenvalue weighted by atomic mass is 35.5. The van der Waals surface area contributed by atoms with E-state index in [0.29, 0.717) is 30.6 Å². The van der Waals surface area contributed by atoms with E-state index in [4.69, 9.17) is 11.6 Å². The first-order valence-corrected chi connectivity index (χ1v) is 13.9. The molecule has 2 saturated heterocycles. The van der Waals surface area contributed by atoms with Crippen molar-refractivity contribution < 1.29 is 9.90 Å². The van der Waals surface area contributed by atoms with E-state index in [1.54, 1.807) is 6.33 Å². The van der Waals surface area contributed by atoms with Crippen molar-refractivity contribution >= 4 is 23.3 Å². The molecule has 2 aliphatic heterocycles. The molecule has 0 spiro atoms. The van der Waals surface area contributed by atoms with Crippen LogP contribution in [0.4, 0.5) is 5.82 Å². The SMILES string of the molecule is CC1C[C@@H](O)c2ncnc(N3CCN(C(=O)[C@H](CN4CCC(N(C)C)CC4)c4ccc(Cl)cc4)CC3)c21. The summed E-state index contributed by atoms with van der Waals surface area (Å²) in [5.74, 6) is 1.12. The standard InChI is InChI=1S/C28H39ClN6O2/c1-19-16-24(36)26-25(19)27(31-18-30-26)34-12-14-35(15-13-34)28(37)23(20-4-6-21(29)7-5-20)17-33-10-8-22(9-11-33)32(2)3/h4-7,18-19,22-24,36H,8-17H2,1-3H3/t19?,23-,24-/m1/s1. The lowest BCUT2D eigenvalue weighted by Gasteiger charge is -2.40. The first-order valence-electron chi connectivity index (χ1n) is 13.5. The summed E-state index contributed by atoms with van der Waals surface area (Å²) >= 11 is 6.17. The van der Waals surface area contributed by atoms with E-state index >= 15 is 0 Å². The number of piperazine rings is 1. The molecule has 1 aromatic carbocycles. The van der Waals surface area contributed by atoms with Gasteiger partial charge in [0.2, 0.25) is 5.91 Å². The van der Waals surface area contributed by atoms with E-state index in [-0.39, 0.29) is 17.7 Å². The van der Waals surface area contributed by atoms with Crippen LogP contribution in [0, 0.1) is 0 Å². The number of likely N-dealkylation sites (tertiary alicyclic amines) is 1. The highest BCUT2D eigenvalue weighted by Gasteiger charge is 2.35. The number of rotatable bonds is 6. The Bertz CT molecular complexity index is 1080. The van der Waals surface area contributed by atoms with Gasteiger partial charge in [0, 0.05) is 49.4 Å². The van der Waals surface area contributed by atoms with Crippen LogP contribution >= 0.6 is 11.6 Å². The van der Waals surface area contributed by atoms with Gasteiger partial charge >= 0.3 is 0 Å². The largest absolute Gasteiger partial charge is 0.387 e. The molecule has 1 aliphatic carbocycles. The van der Waals surface area contributed by atoms with Crippen molar-refractivity contribution in [2.45, 2.75) is 50.2 Å². The first-order chi connectivity index (χ1) is 17.8. The van der Waals surface area contributed by atoms with Gasteiger partial charge in [0.1, 0.15) is 12.1 Å². The number of aliphatic hydroxyl groups excluding tert-OH is 1. The fourth-order valence-corrected chi connectivity index (χ4v) is 6.34. The van der Waals surface area contributed by atoms with Crippen molar-refractivity contribution in [3.8, 4) is 0 Å². The first kappa shape index (κ1) is 26.4. The number of fused-ring (bicyclic) bond motifs is 1. The highest BCUT2D eigenvalue weighted by molar-refractivity contribution is 6.30. The van der Waals surface area contributed by atoms with Crippen LogP contribution in [0.25, 0.3) is 0 Å². The van der Waals surface area contributed by atoms with Crippen molar-refractivity contribution in [2.24, 2.45) is 0 Å². The number of hydrogen-bond acceptors (Lipinski definition) is 7. The van der Waals surface area contributed by atoms with Gasteiger partial charge in [-0.2, -0.15) is 0 Å². The number of hydrogen-bond donors (Lipinski definition) is 1. The average molecular weight is 527 g/mol. The summed E-state index contributed by atoms with van der Waals surface area (Å²) in [4.78, 5) is 31.9. The molecular weight excluding hydrogens is 488 g/mol. The normalized spacial score (nSPS) is 23.9. The van der Waals surface area contributed by atoms with Crippen LogP contribution in [0.1, 0.15) is 60.9 Å². The number of nitrogens with zero attached hydrogens (tertiary/aromatic N) is 6. The molecule has 0 saturated carbocycles. The number of amides is 1. The maximum absolute atomic E-state index is 13.9. The molecule has 1 amide bonds. The summed E-state index contributed by atoms with van der Waals surface area (Å²) < 4.78 is 0. The van der Waals surface area contributed by atoms with Gasteiger partial charge < -0.3 is 24.7 Å². The fourth-order valence-electron chi connectivity index (χ4n) is 6.21. The van der Waals surface area contributed by atoms with Gasteiger partial charge in [0.15, 0.2) is 0 Å². The predicted molar refractivity (Wildman–Crippen MR) is 146 cm³/mol. The lowest BCUT2D eigenvalue weighted by atomic mass is 9.94. The van der Waals surface area contributed by atoms with Gasteiger partial charge in [-0.1, -0.05) is 30.7 Å². The fraction of sp³-hybridized carbons (Fsp3) is 0.607. The van der Waals surface area contributed by atoms with Gasteiger partial charge in [-0.15, -0.1) is 0 Å². The van der Waals surface area contributed by atoms with Crippen LogP contribution in [-0.2, 0) is 4.79 Å². The summed E-state index contributed by atoms with van der Waals surface area (Å²) in [6.07, 6.45) is 3.99. The van der Waals surface area contributed by atoms with Gasteiger partial charge in [-0.25, -0.2) is 9.97 Å². The molecule has 37 heavy (non-hydrogen) atoms. The minimum absolute atomic E-state index is 0.188. The van der Waals surface area contributed by atoms with E-state index in [2.05, 4.69) is 45.7 Å². The van der Waals surface area contributed by atoms with Crippen LogP contribution in [0.5, 0.6) is 0 Å². The van der Waals surface area contributed by atoms with Gasteiger partial charge in [0.25, 0.3) is 0 Å². The van der Waals surface area contributed by atoms with Crippen LogP contribution in [-0.4, -0.2) is 102 Å². The average Bonchev–Trinajstić information content (AvgIpc) is 3.21. The molecule has 5 rings (SSSR count). The molecule has 9 heteroatoms. The molecule has 3 heterocycles. The van der Waals surface area contributed by atoms with E-state index in [1.807, 2.05) is 29.2 Å². The molecular formula is C28H39ClN6O2. The van der Waals surface area contributed by atoms with Crippen LogP contribution in [0.2, 0.25) is 5.02 Å². The van der Waals surface area contributed by atoms with Crippen LogP contribution < -0.4 is 4.90 Å². The zero-order valence-corrected chi connectivity index (χ0v) is 22.9. The molecule has 2 fully saturated rings. The number of anilines is 1. The van der Waals surface area contributed by atoms with E-state index < -0.39 is 6.10 Å². The van der Waals surface area contributed by atoms with Crippen molar-refractivity contribution in [1.29, 1.82) is 0 Å². The molecule has 1 aromatic heterocycles. The zero-order valence-electron chi connectivity index (χ0n) is 22.2. The quantitative estimate of drug-likeness (QED) is 0.619. The number of benzene rings is 1. The number of piperidine rings is 1. The van der Waals surface area contributed by atoms with E-state index in [0.717, 1.165) is 68.2 Å². The lowest BCUT2D eigenvalue weighted by molar-refractivity contribution is -0.133. The smallest absolute Gasteiger partial charge is 0.231 e. The summed E-state index contributed by atoms with van der Waals surface area (Å²) in [5, 5.41) is 11.1. The van der Waals surface area contributed by atoms with Crippen LogP contribution in [0.15, 0.2) is 30.6 Å². The minimum atomic E-state index is -0.516. The number of halogens is 1. The molecule has 2 aromatic rings. The maximum atomic E-state index is 13.9. The molecule has 0 radical (unpaired) electrons. The summed E-state index contributed by atoms with van der Waals surface area (Å²) in [6, 6.07) is 8.40. The lowest BCUT2D eigenvalue weighted by Crippen LogP contribution is -2.52. The summed E-state index contributed by atoms with van der Waals surface area (Å²) in [6.45, 7) is 7.63. The summed E-state index contributed by atoms with van der Waals surface area (Å²) in [7, 11) is 4.30. The third-order valence-corrected chi connectivity index (χ3v) is 8.72. The van der Waals surface area contributed by atoms with Gasteiger partial charge in [-0.3, -0.25) is 4.79 Å². The Kier molecular flexibility index (Phi) is 8.00. The monoisotopic (exact) mass is 526 g/mol. The Balaban J connectivity index is 1.28. The second-order valence-electron chi connectivity index (χ2n) is 11.1. The van der Waals surface area contributed by atoms with Crippen LogP contribution in [0.3, 0.4) is 0 Å². The number of carbonyl (C=O) groups is 1. The maximum Gasteiger partial charge on any atom is 0.231 e. The predicted octanol–water partition coefficient (Wildman–Crippen LogP) is 3.13. The number of aliphatic hydroxyl groups is 1. The Morgan fingerprint density at radius 1 is 1.08 bits per heavy atom. The Morgan fingerprint density at radius 3 is 2.41 bits per heavy atom. The molecule has 8 nitrogen and oxygen atoms in total. The van der Waals surface area contributed by atoms with E-state index in [9.17, 15) is 9.90 Å². The Hall–Kier alpha value is -2.26. The molecule has 1 unspecified atom stereocenters. The van der Waals surface area contributed by atoms with Crippen molar-refractivity contribution in [3.05, 3.63) is 52.4 Å². The Labute approximate surface area is 225 Å². The molecule has 0 bridgehead atoms. The van der Waals surface area contributed by atoms with E-state index in [1.165, 1.54) is 0 Å². The van der Waals surface area contributed by atoms with Gasteiger partial charge in [-0.05, 0) is 70.1 Å². The number of carbonyl (C=O) groups excluding carboxylic acids is 1. The Morgan fingerprint density at radius 2 is 1.76 bits per heavy atom. The van der Waals surface area contributed by atoms with Crippen molar-refractivity contribution in [3.63, 3.8) is 0 Å². The van der Waals surface area contributed by atoms with Crippen molar-refractivity contribution in [1.82, 2.24) is 24.7 Å². The summed E-state index contributed by atoms with van der Waals surface area (Å²) in [5.41, 5.74) is 2.86.